The first-order valence-electron chi connectivity index (χ1n) is 4.18. The minimum Gasteiger partial charge on any atom is -0.298 e. The van der Waals surface area contributed by atoms with Gasteiger partial charge in [0.1, 0.15) is 6.29 Å². The van der Waals surface area contributed by atoms with Crippen molar-refractivity contribution in [3.05, 3.63) is 11.6 Å². The van der Waals surface area contributed by atoms with Gasteiger partial charge in [0, 0.05) is 0 Å². The SMILES string of the molecule is CCC/C=C(/C=O)C(C)(C)C. The highest BCUT2D eigenvalue weighted by molar-refractivity contribution is 5.74. The average Bonchev–Trinajstić information content (AvgIpc) is 1.87. The fourth-order valence-electron chi connectivity index (χ4n) is 0.831. The lowest BCUT2D eigenvalue weighted by Crippen LogP contribution is -2.10. The molecule has 0 bridgehead atoms. The van der Waals surface area contributed by atoms with Gasteiger partial charge in [-0.1, -0.05) is 40.2 Å². The van der Waals surface area contributed by atoms with Crippen LogP contribution in [0, 0.1) is 5.41 Å². The first kappa shape index (κ1) is 10.4. The van der Waals surface area contributed by atoms with E-state index >= 15 is 0 Å². The summed E-state index contributed by atoms with van der Waals surface area (Å²) in [5.41, 5.74) is 0.927. The van der Waals surface area contributed by atoms with Gasteiger partial charge in [-0.15, -0.1) is 0 Å². The van der Waals surface area contributed by atoms with Gasteiger partial charge in [-0.2, -0.15) is 0 Å². The maximum atomic E-state index is 10.6. The number of allylic oxidation sites excluding steroid dienone is 2. The molecule has 1 nitrogen and oxygen atoms in total. The highest BCUT2D eigenvalue weighted by atomic mass is 16.1. The molecule has 0 spiro atoms. The Bertz CT molecular complexity index is 149. The van der Waals surface area contributed by atoms with Crippen molar-refractivity contribution in [2.75, 3.05) is 0 Å². The molecule has 0 unspecified atom stereocenters. The predicted molar refractivity (Wildman–Crippen MR) is 48.5 cm³/mol. The zero-order chi connectivity index (χ0) is 8.91. The van der Waals surface area contributed by atoms with Crippen molar-refractivity contribution in [2.24, 2.45) is 5.41 Å². The van der Waals surface area contributed by atoms with Gasteiger partial charge in [0.2, 0.25) is 0 Å². The van der Waals surface area contributed by atoms with Crippen LogP contribution < -0.4 is 0 Å². The smallest absolute Gasteiger partial charge is 0.146 e. The Hall–Kier alpha value is -0.590. The Morgan fingerprint density at radius 1 is 1.36 bits per heavy atom. The van der Waals surface area contributed by atoms with Gasteiger partial charge in [-0.25, -0.2) is 0 Å². The largest absolute Gasteiger partial charge is 0.298 e. The summed E-state index contributed by atoms with van der Waals surface area (Å²) in [7, 11) is 0. The van der Waals surface area contributed by atoms with Gasteiger partial charge < -0.3 is 0 Å². The van der Waals surface area contributed by atoms with Crippen molar-refractivity contribution < 1.29 is 4.79 Å². The topological polar surface area (TPSA) is 17.1 Å². The third kappa shape index (κ3) is 3.97. The molecule has 0 heterocycles. The van der Waals surface area contributed by atoms with E-state index in [1.54, 1.807) is 0 Å². The van der Waals surface area contributed by atoms with Crippen molar-refractivity contribution in [1.29, 1.82) is 0 Å². The van der Waals surface area contributed by atoms with Crippen molar-refractivity contribution in [3.63, 3.8) is 0 Å². The van der Waals surface area contributed by atoms with Gasteiger partial charge in [-0.3, -0.25) is 4.79 Å². The molecule has 0 amide bonds. The van der Waals surface area contributed by atoms with Crippen LogP contribution in [0.5, 0.6) is 0 Å². The summed E-state index contributed by atoms with van der Waals surface area (Å²) in [5.74, 6) is 0. The molecule has 0 aliphatic carbocycles. The first-order valence-corrected chi connectivity index (χ1v) is 4.18. The maximum Gasteiger partial charge on any atom is 0.146 e. The molecule has 0 saturated heterocycles. The van der Waals surface area contributed by atoms with E-state index in [1.807, 2.05) is 6.08 Å². The van der Waals surface area contributed by atoms with E-state index in [0.29, 0.717) is 0 Å². The molecule has 0 fully saturated rings. The summed E-state index contributed by atoms with van der Waals surface area (Å²) >= 11 is 0. The minimum absolute atomic E-state index is 0.0108. The standard InChI is InChI=1S/C10H18O/c1-5-6-7-9(8-11)10(2,3)4/h7-8H,5-6H2,1-4H3/b9-7-. The Balaban J connectivity index is 4.27. The molecule has 0 N–H and O–H groups in total. The third-order valence-electron chi connectivity index (χ3n) is 1.65. The average molecular weight is 154 g/mol. The zero-order valence-electron chi connectivity index (χ0n) is 7.98. The van der Waals surface area contributed by atoms with E-state index < -0.39 is 0 Å². The van der Waals surface area contributed by atoms with Crippen molar-refractivity contribution in [2.45, 2.75) is 40.5 Å². The summed E-state index contributed by atoms with van der Waals surface area (Å²) in [6, 6.07) is 0. The highest BCUT2D eigenvalue weighted by Gasteiger charge is 2.14. The molecule has 0 aromatic rings. The molecule has 0 saturated carbocycles. The number of aldehydes is 1. The summed E-state index contributed by atoms with van der Waals surface area (Å²) in [4.78, 5) is 10.6. The van der Waals surface area contributed by atoms with Crippen LogP contribution in [0.1, 0.15) is 40.5 Å². The van der Waals surface area contributed by atoms with Crippen LogP contribution >= 0.6 is 0 Å². The molecule has 0 aliphatic heterocycles. The normalized spacial score (nSPS) is 13.3. The van der Waals surface area contributed by atoms with Gasteiger partial charge in [0.25, 0.3) is 0 Å². The molecule has 0 atom stereocenters. The number of hydrogen-bond acceptors (Lipinski definition) is 1. The van der Waals surface area contributed by atoms with Gasteiger partial charge in [0.15, 0.2) is 0 Å². The van der Waals surface area contributed by atoms with Crippen molar-refractivity contribution >= 4 is 6.29 Å². The van der Waals surface area contributed by atoms with Crippen LogP contribution in [0.4, 0.5) is 0 Å². The summed E-state index contributed by atoms with van der Waals surface area (Å²) < 4.78 is 0. The second-order valence-electron chi connectivity index (χ2n) is 3.82. The molecule has 0 radical (unpaired) electrons. The molecule has 0 aromatic heterocycles. The Morgan fingerprint density at radius 2 is 1.91 bits per heavy atom. The van der Waals surface area contributed by atoms with E-state index in [-0.39, 0.29) is 5.41 Å². The van der Waals surface area contributed by atoms with E-state index in [2.05, 4.69) is 27.7 Å². The molecule has 0 rings (SSSR count). The molecule has 0 aromatic carbocycles. The molecule has 0 aliphatic rings. The van der Waals surface area contributed by atoms with Gasteiger partial charge in [-0.05, 0) is 17.4 Å². The van der Waals surface area contributed by atoms with Crippen LogP contribution in [0.3, 0.4) is 0 Å². The fourth-order valence-corrected chi connectivity index (χ4v) is 0.831. The fraction of sp³-hybridized carbons (Fsp3) is 0.700. The molecule has 11 heavy (non-hydrogen) atoms. The Labute approximate surface area is 69.5 Å². The monoisotopic (exact) mass is 154 g/mol. The van der Waals surface area contributed by atoms with E-state index in [0.717, 1.165) is 24.7 Å². The number of carbonyl (C=O) groups excluding carboxylic acids is 1. The van der Waals surface area contributed by atoms with Crippen LogP contribution in [-0.4, -0.2) is 6.29 Å². The van der Waals surface area contributed by atoms with Crippen LogP contribution in [0.25, 0.3) is 0 Å². The molecular formula is C10H18O. The van der Waals surface area contributed by atoms with Gasteiger partial charge >= 0.3 is 0 Å². The number of unbranched alkanes of at least 4 members (excludes halogenated alkanes) is 1. The Kier molecular flexibility index (Phi) is 4.09. The predicted octanol–water partition coefficient (Wildman–Crippen LogP) is 2.96. The minimum atomic E-state index is 0.0108. The van der Waals surface area contributed by atoms with E-state index in [9.17, 15) is 4.79 Å². The highest BCUT2D eigenvalue weighted by Crippen LogP contribution is 2.23. The zero-order valence-corrected chi connectivity index (χ0v) is 7.98. The summed E-state index contributed by atoms with van der Waals surface area (Å²) in [5, 5.41) is 0. The van der Waals surface area contributed by atoms with E-state index in [1.165, 1.54) is 0 Å². The molecule has 64 valence electrons. The second kappa shape index (κ2) is 4.32. The quantitative estimate of drug-likeness (QED) is 0.451. The second-order valence-corrected chi connectivity index (χ2v) is 3.82. The maximum absolute atomic E-state index is 10.6. The number of rotatable bonds is 3. The Morgan fingerprint density at radius 3 is 2.18 bits per heavy atom. The van der Waals surface area contributed by atoms with Crippen LogP contribution in [0.15, 0.2) is 11.6 Å². The summed E-state index contributed by atoms with van der Waals surface area (Å²) in [6.45, 7) is 8.29. The summed E-state index contributed by atoms with van der Waals surface area (Å²) in [6.07, 6.45) is 5.11. The third-order valence-corrected chi connectivity index (χ3v) is 1.65. The molecule has 1 heteroatoms. The van der Waals surface area contributed by atoms with Crippen molar-refractivity contribution in [3.8, 4) is 0 Å². The van der Waals surface area contributed by atoms with Gasteiger partial charge in [0.05, 0.1) is 0 Å². The van der Waals surface area contributed by atoms with Crippen LogP contribution in [-0.2, 0) is 4.79 Å². The number of hydrogen-bond donors (Lipinski definition) is 0. The lowest BCUT2D eigenvalue weighted by molar-refractivity contribution is -0.105. The molecular weight excluding hydrogens is 136 g/mol. The lowest BCUT2D eigenvalue weighted by Gasteiger charge is -2.17. The van der Waals surface area contributed by atoms with E-state index in [4.69, 9.17) is 0 Å². The lowest BCUT2D eigenvalue weighted by atomic mass is 9.86. The number of carbonyl (C=O) groups is 1. The first-order chi connectivity index (χ1) is 5.02. The van der Waals surface area contributed by atoms with Crippen LogP contribution in [0.2, 0.25) is 0 Å². The van der Waals surface area contributed by atoms with Crippen molar-refractivity contribution in [1.82, 2.24) is 0 Å².